The second-order valence-electron chi connectivity index (χ2n) is 5.53. The molecule has 21 heavy (non-hydrogen) atoms. The molecule has 0 aliphatic heterocycles. The summed E-state index contributed by atoms with van der Waals surface area (Å²) in [6, 6.07) is 5.45. The van der Waals surface area contributed by atoms with Crippen molar-refractivity contribution in [3.63, 3.8) is 0 Å². The molecule has 2 N–H and O–H groups in total. The molecule has 2 amide bonds. The molecule has 6 nitrogen and oxygen atoms in total. The number of hydrogen-bond donors (Lipinski definition) is 2. The number of urea groups is 1. The summed E-state index contributed by atoms with van der Waals surface area (Å²) >= 11 is 0. The minimum atomic E-state index is -0.828. The largest absolute Gasteiger partial charge is 0.481 e. The summed E-state index contributed by atoms with van der Waals surface area (Å²) in [5.74, 6) is -0.828. The van der Waals surface area contributed by atoms with E-state index < -0.39 is 11.4 Å². The van der Waals surface area contributed by atoms with Crippen molar-refractivity contribution in [1.82, 2.24) is 15.2 Å². The van der Waals surface area contributed by atoms with E-state index in [2.05, 4.69) is 10.3 Å². The first-order chi connectivity index (χ1) is 9.97. The number of aromatic nitrogens is 1. The number of amides is 2. The quantitative estimate of drug-likeness (QED) is 0.837. The number of carboxylic acid groups (broad SMARTS) is 1. The van der Waals surface area contributed by atoms with Gasteiger partial charge in [0.05, 0.1) is 17.7 Å². The molecule has 0 aromatic carbocycles. The Labute approximate surface area is 124 Å². The van der Waals surface area contributed by atoms with Crippen LogP contribution in [-0.4, -0.2) is 40.1 Å². The second-order valence-corrected chi connectivity index (χ2v) is 5.53. The lowest BCUT2D eigenvalue weighted by Gasteiger charge is -2.22. The van der Waals surface area contributed by atoms with Crippen LogP contribution in [0, 0.1) is 12.3 Å². The maximum absolute atomic E-state index is 12.2. The fraction of sp³-hybridized carbons (Fsp3) is 0.533. The highest BCUT2D eigenvalue weighted by Crippen LogP contribution is 2.45. The molecule has 6 heteroatoms. The maximum Gasteiger partial charge on any atom is 0.317 e. The summed E-state index contributed by atoms with van der Waals surface area (Å²) in [5.41, 5.74) is 0.995. The molecule has 1 saturated carbocycles. The molecule has 0 atom stereocenters. The average molecular weight is 291 g/mol. The first-order valence-electron chi connectivity index (χ1n) is 7.15. The average Bonchev–Trinajstić information content (AvgIpc) is 3.23. The van der Waals surface area contributed by atoms with E-state index in [1.807, 2.05) is 32.0 Å². The molecule has 1 fully saturated rings. The third-order valence-corrected chi connectivity index (χ3v) is 3.85. The molecule has 1 aliphatic rings. The summed E-state index contributed by atoms with van der Waals surface area (Å²) < 4.78 is 0. The van der Waals surface area contributed by atoms with Crippen LogP contribution >= 0.6 is 0 Å². The predicted molar refractivity (Wildman–Crippen MR) is 77.8 cm³/mol. The van der Waals surface area contributed by atoms with Crippen molar-refractivity contribution in [2.24, 2.45) is 5.41 Å². The Morgan fingerprint density at radius 3 is 2.67 bits per heavy atom. The van der Waals surface area contributed by atoms with Crippen LogP contribution < -0.4 is 5.32 Å². The van der Waals surface area contributed by atoms with Gasteiger partial charge in [-0.1, -0.05) is 6.07 Å². The highest BCUT2D eigenvalue weighted by Gasteiger charge is 2.50. The van der Waals surface area contributed by atoms with Crippen LogP contribution in [0.5, 0.6) is 0 Å². The molecule has 0 saturated heterocycles. The Kier molecular flexibility index (Phi) is 4.45. The highest BCUT2D eigenvalue weighted by molar-refractivity contribution is 5.80. The molecule has 0 spiro atoms. The Balaban J connectivity index is 1.91. The van der Waals surface area contributed by atoms with E-state index >= 15 is 0 Å². The molecule has 1 aromatic heterocycles. The van der Waals surface area contributed by atoms with Crippen LogP contribution in [0.25, 0.3) is 0 Å². The number of aliphatic carboxylic acids is 1. The van der Waals surface area contributed by atoms with Gasteiger partial charge in [0.2, 0.25) is 0 Å². The van der Waals surface area contributed by atoms with Gasteiger partial charge >= 0.3 is 12.0 Å². The van der Waals surface area contributed by atoms with E-state index in [1.165, 1.54) is 0 Å². The Morgan fingerprint density at radius 2 is 2.14 bits per heavy atom. The van der Waals surface area contributed by atoms with Crippen LogP contribution in [0.3, 0.4) is 0 Å². The topological polar surface area (TPSA) is 82.5 Å². The van der Waals surface area contributed by atoms with Crippen molar-refractivity contribution in [1.29, 1.82) is 0 Å². The van der Waals surface area contributed by atoms with Crippen LogP contribution in [0.1, 0.15) is 31.2 Å². The van der Waals surface area contributed by atoms with Gasteiger partial charge in [0, 0.05) is 18.8 Å². The summed E-state index contributed by atoms with van der Waals surface area (Å²) in [5, 5.41) is 11.8. The van der Waals surface area contributed by atoms with Crippen molar-refractivity contribution in [2.75, 3.05) is 13.1 Å². The minimum absolute atomic E-state index is 0.193. The molecule has 114 valence electrons. The van der Waals surface area contributed by atoms with Crippen molar-refractivity contribution in [2.45, 2.75) is 33.2 Å². The van der Waals surface area contributed by atoms with Gasteiger partial charge in [-0.25, -0.2) is 4.79 Å². The first-order valence-corrected chi connectivity index (χ1v) is 7.15. The van der Waals surface area contributed by atoms with E-state index in [-0.39, 0.29) is 12.6 Å². The molecule has 1 aliphatic carbocycles. The number of aryl methyl sites for hydroxylation is 1. The van der Waals surface area contributed by atoms with E-state index in [1.54, 1.807) is 4.90 Å². The van der Waals surface area contributed by atoms with Crippen molar-refractivity contribution in [3.05, 3.63) is 29.6 Å². The number of rotatable bonds is 6. The SMILES string of the molecule is CCN(Cc1cccc(C)n1)C(=O)NCC1(C(=O)O)CC1. The lowest BCUT2D eigenvalue weighted by Crippen LogP contribution is -2.43. The third-order valence-electron chi connectivity index (χ3n) is 3.85. The predicted octanol–water partition coefficient (Wildman–Crippen LogP) is 1.79. The molecular formula is C15H21N3O3. The van der Waals surface area contributed by atoms with Gasteiger partial charge in [-0.05, 0) is 38.8 Å². The molecule has 0 bridgehead atoms. The zero-order valence-corrected chi connectivity index (χ0v) is 12.4. The van der Waals surface area contributed by atoms with Crippen LogP contribution in [0.4, 0.5) is 4.79 Å². The summed E-state index contributed by atoms with van der Waals surface area (Å²) in [6.07, 6.45) is 1.27. The number of nitrogens with zero attached hydrogens (tertiary/aromatic N) is 2. The summed E-state index contributed by atoms with van der Waals surface area (Å²) in [6.45, 7) is 4.95. The molecule has 1 aromatic rings. The van der Waals surface area contributed by atoms with Gasteiger partial charge in [-0.3, -0.25) is 9.78 Å². The molecule has 0 unspecified atom stereocenters. The molecule has 2 rings (SSSR count). The van der Waals surface area contributed by atoms with Crippen LogP contribution in [0.2, 0.25) is 0 Å². The van der Waals surface area contributed by atoms with E-state index in [9.17, 15) is 9.59 Å². The molecule has 1 heterocycles. The standard InChI is InChI=1S/C15H21N3O3/c1-3-18(9-12-6-4-5-11(2)17-12)14(21)16-10-15(7-8-15)13(19)20/h4-6H,3,7-10H2,1-2H3,(H,16,21)(H,19,20). The van der Waals surface area contributed by atoms with Crippen LogP contribution in [0.15, 0.2) is 18.2 Å². The number of carbonyl (C=O) groups is 2. The van der Waals surface area contributed by atoms with Gasteiger partial charge in [0.1, 0.15) is 0 Å². The highest BCUT2D eigenvalue weighted by atomic mass is 16.4. The number of carbonyl (C=O) groups excluding carboxylic acids is 1. The van der Waals surface area contributed by atoms with Gasteiger partial charge in [0.15, 0.2) is 0 Å². The smallest absolute Gasteiger partial charge is 0.317 e. The normalized spacial score (nSPS) is 15.3. The van der Waals surface area contributed by atoms with Gasteiger partial charge in [-0.15, -0.1) is 0 Å². The Bertz CT molecular complexity index is 541. The van der Waals surface area contributed by atoms with Gasteiger partial charge in [-0.2, -0.15) is 0 Å². The maximum atomic E-state index is 12.2. The van der Waals surface area contributed by atoms with Crippen LogP contribution in [-0.2, 0) is 11.3 Å². The Morgan fingerprint density at radius 1 is 1.43 bits per heavy atom. The zero-order chi connectivity index (χ0) is 15.5. The summed E-state index contributed by atoms with van der Waals surface area (Å²) in [7, 11) is 0. The molecule has 0 radical (unpaired) electrons. The Hall–Kier alpha value is -2.11. The summed E-state index contributed by atoms with van der Waals surface area (Å²) in [4.78, 5) is 29.2. The number of hydrogen-bond acceptors (Lipinski definition) is 3. The fourth-order valence-corrected chi connectivity index (χ4v) is 2.18. The van der Waals surface area contributed by atoms with E-state index in [0.717, 1.165) is 11.4 Å². The van der Waals surface area contributed by atoms with Gasteiger partial charge < -0.3 is 15.3 Å². The van der Waals surface area contributed by atoms with Crippen molar-refractivity contribution in [3.8, 4) is 0 Å². The minimum Gasteiger partial charge on any atom is -0.481 e. The van der Waals surface area contributed by atoms with E-state index in [4.69, 9.17) is 5.11 Å². The first kappa shape index (κ1) is 15.3. The number of pyridine rings is 1. The van der Waals surface area contributed by atoms with Crippen molar-refractivity contribution >= 4 is 12.0 Å². The van der Waals surface area contributed by atoms with E-state index in [0.29, 0.717) is 25.9 Å². The third kappa shape index (κ3) is 3.71. The molecular weight excluding hydrogens is 270 g/mol. The lowest BCUT2D eigenvalue weighted by atomic mass is 10.1. The van der Waals surface area contributed by atoms with Gasteiger partial charge in [0.25, 0.3) is 0 Å². The number of carboxylic acids is 1. The van der Waals surface area contributed by atoms with Crippen molar-refractivity contribution < 1.29 is 14.7 Å². The lowest BCUT2D eigenvalue weighted by molar-refractivity contribution is -0.143. The number of nitrogens with one attached hydrogen (secondary N) is 1. The zero-order valence-electron chi connectivity index (χ0n) is 12.4. The second kappa shape index (κ2) is 6.11. The fourth-order valence-electron chi connectivity index (χ4n) is 2.18. The monoisotopic (exact) mass is 291 g/mol.